The van der Waals surface area contributed by atoms with E-state index in [-0.39, 0.29) is 24.5 Å². The summed E-state index contributed by atoms with van der Waals surface area (Å²) in [5.74, 6) is -0.387. The number of esters is 1. The Hall–Kier alpha value is -1.10. The average molecular weight is 230 g/mol. The molecule has 2 N–H and O–H groups in total. The van der Waals surface area contributed by atoms with Gasteiger partial charge in [0.1, 0.15) is 6.04 Å². The number of amides is 1. The maximum atomic E-state index is 11.5. The molecular weight excluding hydrogens is 208 g/mol. The molecule has 0 fully saturated rings. The Morgan fingerprint density at radius 3 is 2.44 bits per heavy atom. The molecule has 0 aliphatic heterocycles. The van der Waals surface area contributed by atoms with Gasteiger partial charge >= 0.3 is 5.97 Å². The molecule has 0 aliphatic rings. The molecule has 0 heterocycles. The fourth-order valence-corrected chi connectivity index (χ4v) is 1.31. The van der Waals surface area contributed by atoms with E-state index >= 15 is 0 Å². The minimum Gasteiger partial charge on any atom is -0.465 e. The van der Waals surface area contributed by atoms with Crippen LogP contribution in [0, 0.1) is 0 Å². The molecule has 16 heavy (non-hydrogen) atoms. The predicted octanol–water partition coefficient (Wildman–Crippen LogP) is 0.444. The van der Waals surface area contributed by atoms with Crippen molar-refractivity contribution in [1.82, 2.24) is 10.6 Å². The van der Waals surface area contributed by atoms with Crippen molar-refractivity contribution < 1.29 is 14.3 Å². The summed E-state index contributed by atoms with van der Waals surface area (Å²) in [7, 11) is 0. The quantitative estimate of drug-likeness (QED) is 0.594. The number of rotatable bonds is 8. The number of ether oxygens (including phenoxy) is 1. The first kappa shape index (κ1) is 14.9. The summed E-state index contributed by atoms with van der Waals surface area (Å²) in [5.41, 5.74) is 0. The number of carbonyl (C=O) groups excluding carboxylic acids is 2. The second-order valence-corrected chi connectivity index (χ2v) is 3.43. The Morgan fingerprint density at radius 2 is 1.94 bits per heavy atom. The van der Waals surface area contributed by atoms with Crippen LogP contribution in [0.3, 0.4) is 0 Å². The molecule has 5 heteroatoms. The lowest BCUT2D eigenvalue weighted by Gasteiger charge is -2.16. The van der Waals surface area contributed by atoms with Crippen LogP contribution in [-0.2, 0) is 14.3 Å². The van der Waals surface area contributed by atoms with Gasteiger partial charge in [-0.1, -0.05) is 13.3 Å². The third-order valence-corrected chi connectivity index (χ3v) is 2.03. The molecule has 1 amide bonds. The van der Waals surface area contributed by atoms with Gasteiger partial charge in [0, 0.05) is 6.54 Å². The van der Waals surface area contributed by atoms with E-state index in [0.29, 0.717) is 19.6 Å². The van der Waals surface area contributed by atoms with E-state index in [1.165, 1.54) is 0 Å². The molecule has 0 saturated heterocycles. The molecule has 1 unspecified atom stereocenters. The zero-order valence-corrected chi connectivity index (χ0v) is 10.3. The van der Waals surface area contributed by atoms with E-state index in [1.54, 1.807) is 6.92 Å². The Bertz CT molecular complexity index is 219. The number of likely N-dealkylation sites (N-methyl/N-ethyl adjacent to an activating group) is 1. The number of hydrogen-bond donors (Lipinski definition) is 2. The van der Waals surface area contributed by atoms with Gasteiger partial charge in [-0.25, -0.2) is 0 Å². The topological polar surface area (TPSA) is 67.4 Å². The van der Waals surface area contributed by atoms with Crippen LogP contribution in [0.5, 0.6) is 0 Å². The van der Waals surface area contributed by atoms with Gasteiger partial charge in [0.05, 0.1) is 13.2 Å². The summed E-state index contributed by atoms with van der Waals surface area (Å²) >= 11 is 0. The van der Waals surface area contributed by atoms with Gasteiger partial charge in [-0.3, -0.25) is 14.9 Å². The molecule has 0 radical (unpaired) electrons. The molecule has 94 valence electrons. The van der Waals surface area contributed by atoms with Gasteiger partial charge in [-0.2, -0.15) is 0 Å². The van der Waals surface area contributed by atoms with Crippen LogP contribution in [0.1, 0.15) is 33.6 Å². The highest BCUT2D eigenvalue weighted by atomic mass is 16.5. The minimum atomic E-state index is -0.382. The van der Waals surface area contributed by atoms with Crippen molar-refractivity contribution >= 4 is 11.9 Å². The van der Waals surface area contributed by atoms with Crippen molar-refractivity contribution in [2.45, 2.75) is 39.7 Å². The molecule has 0 aliphatic carbocycles. The fourth-order valence-electron chi connectivity index (χ4n) is 1.31. The summed E-state index contributed by atoms with van der Waals surface area (Å²) < 4.78 is 4.92. The van der Waals surface area contributed by atoms with Crippen LogP contribution >= 0.6 is 0 Å². The molecule has 0 aromatic carbocycles. The maximum absolute atomic E-state index is 11.5. The second kappa shape index (κ2) is 9.15. The van der Waals surface area contributed by atoms with Crippen LogP contribution in [0.25, 0.3) is 0 Å². The third-order valence-electron chi connectivity index (χ3n) is 2.03. The summed E-state index contributed by atoms with van der Waals surface area (Å²) in [4.78, 5) is 22.7. The van der Waals surface area contributed by atoms with Crippen LogP contribution in [0.4, 0.5) is 0 Å². The van der Waals surface area contributed by atoms with Crippen LogP contribution < -0.4 is 10.6 Å². The van der Waals surface area contributed by atoms with E-state index in [1.807, 2.05) is 13.8 Å². The van der Waals surface area contributed by atoms with Crippen molar-refractivity contribution in [2.24, 2.45) is 0 Å². The molecule has 0 spiro atoms. The smallest absolute Gasteiger partial charge is 0.323 e. The SMILES string of the molecule is CCCC(NCC(=O)NCC)C(=O)OCC. The van der Waals surface area contributed by atoms with Crippen LogP contribution in [0.2, 0.25) is 0 Å². The highest BCUT2D eigenvalue weighted by Crippen LogP contribution is 1.99. The van der Waals surface area contributed by atoms with E-state index in [0.717, 1.165) is 6.42 Å². The zero-order valence-electron chi connectivity index (χ0n) is 10.3. The lowest BCUT2D eigenvalue weighted by molar-refractivity contribution is -0.145. The van der Waals surface area contributed by atoms with Gasteiger partial charge < -0.3 is 10.1 Å². The summed E-state index contributed by atoms with van der Waals surface area (Å²) in [6, 6.07) is -0.382. The molecular formula is C11H22N2O3. The number of hydrogen-bond acceptors (Lipinski definition) is 4. The Morgan fingerprint density at radius 1 is 1.25 bits per heavy atom. The largest absolute Gasteiger partial charge is 0.465 e. The number of carbonyl (C=O) groups is 2. The first-order valence-corrected chi connectivity index (χ1v) is 5.82. The normalized spacial score (nSPS) is 11.9. The molecule has 0 aromatic rings. The van der Waals surface area contributed by atoms with Crippen molar-refractivity contribution in [3.63, 3.8) is 0 Å². The van der Waals surface area contributed by atoms with Gasteiger partial charge in [0.2, 0.25) is 5.91 Å². The second-order valence-electron chi connectivity index (χ2n) is 3.43. The molecule has 0 saturated carbocycles. The lowest BCUT2D eigenvalue weighted by atomic mass is 10.1. The third kappa shape index (κ3) is 6.40. The standard InChI is InChI=1S/C11H22N2O3/c1-4-7-9(11(15)16-6-3)13-8-10(14)12-5-2/h9,13H,4-8H2,1-3H3,(H,12,14). The molecule has 0 bridgehead atoms. The van der Waals surface area contributed by atoms with Crippen LogP contribution in [-0.4, -0.2) is 37.6 Å². The Labute approximate surface area is 96.9 Å². The van der Waals surface area contributed by atoms with Crippen molar-refractivity contribution in [2.75, 3.05) is 19.7 Å². The van der Waals surface area contributed by atoms with E-state index in [4.69, 9.17) is 4.74 Å². The Kier molecular flexibility index (Phi) is 8.52. The summed E-state index contributed by atoms with van der Waals surface area (Å²) in [6.45, 7) is 6.72. The monoisotopic (exact) mass is 230 g/mol. The van der Waals surface area contributed by atoms with Crippen molar-refractivity contribution in [3.05, 3.63) is 0 Å². The van der Waals surface area contributed by atoms with Gasteiger partial charge in [-0.05, 0) is 20.3 Å². The first-order valence-electron chi connectivity index (χ1n) is 5.82. The highest BCUT2D eigenvalue weighted by molar-refractivity contribution is 5.80. The van der Waals surface area contributed by atoms with E-state index in [9.17, 15) is 9.59 Å². The maximum Gasteiger partial charge on any atom is 0.323 e. The fraction of sp³-hybridized carbons (Fsp3) is 0.818. The lowest BCUT2D eigenvalue weighted by Crippen LogP contribution is -2.43. The highest BCUT2D eigenvalue weighted by Gasteiger charge is 2.18. The molecule has 0 rings (SSSR count). The van der Waals surface area contributed by atoms with Gasteiger partial charge in [-0.15, -0.1) is 0 Å². The summed E-state index contributed by atoms with van der Waals surface area (Å²) in [6.07, 6.45) is 1.55. The van der Waals surface area contributed by atoms with Crippen LogP contribution in [0.15, 0.2) is 0 Å². The van der Waals surface area contributed by atoms with Gasteiger partial charge in [0.25, 0.3) is 0 Å². The Balaban J connectivity index is 4.02. The van der Waals surface area contributed by atoms with Crippen molar-refractivity contribution in [3.8, 4) is 0 Å². The minimum absolute atomic E-state index is 0.104. The first-order chi connectivity index (χ1) is 7.65. The molecule has 1 atom stereocenters. The molecule has 0 aromatic heterocycles. The number of nitrogens with one attached hydrogen (secondary N) is 2. The predicted molar refractivity (Wildman–Crippen MR) is 62.0 cm³/mol. The molecule has 5 nitrogen and oxygen atoms in total. The zero-order chi connectivity index (χ0) is 12.4. The van der Waals surface area contributed by atoms with E-state index in [2.05, 4.69) is 10.6 Å². The summed E-state index contributed by atoms with van der Waals surface area (Å²) in [5, 5.41) is 5.56. The van der Waals surface area contributed by atoms with E-state index < -0.39 is 0 Å². The average Bonchev–Trinajstić information content (AvgIpc) is 2.24. The van der Waals surface area contributed by atoms with Crippen molar-refractivity contribution in [1.29, 1.82) is 0 Å². The van der Waals surface area contributed by atoms with Gasteiger partial charge in [0.15, 0.2) is 0 Å².